The SMILES string of the molecule is [Li+].[Li+].[Li+].[Li+].[O-]B([O-])[O-]. The zero-order valence-corrected chi connectivity index (χ0v) is 5.80. The van der Waals surface area contributed by atoms with Crippen LogP contribution in [-0.2, 0) is 0 Å². The summed E-state index contributed by atoms with van der Waals surface area (Å²) in [5, 5.41) is 25.2. The summed E-state index contributed by atoms with van der Waals surface area (Å²) in [7, 11) is -2.92. The molecule has 0 aliphatic heterocycles. The first kappa shape index (κ1) is 31.6. The molecule has 0 atom stereocenters. The number of rotatable bonds is 0. The molecule has 0 saturated heterocycles. The van der Waals surface area contributed by atoms with Gasteiger partial charge in [-0.25, -0.2) is 0 Å². The Labute approximate surface area is 96.9 Å². The second-order valence-electron chi connectivity index (χ2n) is 0.289. The molecular weight excluding hydrogens is 86.6 g/mol. The van der Waals surface area contributed by atoms with Gasteiger partial charge < -0.3 is 15.1 Å². The van der Waals surface area contributed by atoms with Gasteiger partial charge in [-0.2, -0.15) is 0 Å². The molecule has 0 bridgehead atoms. The molecule has 0 fully saturated rings. The molecule has 0 unspecified atom stereocenters. The number of hydrogen-bond acceptors (Lipinski definition) is 3. The molecule has 0 aromatic rings. The van der Waals surface area contributed by atoms with Crippen LogP contribution in [0.3, 0.4) is 0 Å². The van der Waals surface area contributed by atoms with Crippen LogP contribution in [0.2, 0.25) is 0 Å². The summed E-state index contributed by atoms with van der Waals surface area (Å²) in [5.41, 5.74) is 0. The van der Waals surface area contributed by atoms with E-state index < -0.39 is 7.32 Å². The number of hydrogen-bond donors (Lipinski definition) is 0. The Bertz CT molecular complexity index is 16.0. The van der Waals surface area contributed by atoms with E-state index in [1.54, 1.807) is 0 Å². The molecule has 0 heterocycles. The van der Waals surface area contributed by atoms with Crippen molar-refractivity contribution in [3.05, 3.63) is 0 Å². The first-order chi connectivity index (χ1) is 1.73. The molecule has 0 rings (SSSR count). The summed E-state index contributed by atoms with van der Waals surface area (Å²) in [5.74, 6) is 0. The van der Waals surface area contributed by atoms with Crippen LogP contribution in [0.25, 0.3) is 0 Å². The largest absolute Gasteiger partial charge is 1.00 e. The van der Waals surface area contributed by atoms with Crippen molar-refractivity contribution >= 4 is 7.32 Å². The summed E-state index contributed by atoms with van der Waals surface area (Å²) in [6.07, 6.45) is 0. The van der Waals surface area contributed by atoms with Gasteiger partial charge in [-0.15, -0.1) is 0 Å². The van der Waals surface area contributed by atoms with Gasteiger partial charge in [0.05, 0.1) is 0 Å². The molecule has 8 heteroatoms. The first-order valence-corrected chi connectivity index (χ1v) is 0.707. The molecule has 0 aromatic heterocycles. The quantitative estimate of drug-likeness (QED) is 0.275. The van der Waals surface area contributed by atoms with Crippen molar-refractivity contribution in [2.45, 2.75) is 0 Å². The third-order valence-electron chi connectivity index (χ3n) is 0. The van der Waals surface area contributed by atoms with Crippen molar-refractivity contribution in [2.75, 3.05) is 0 Å². The molecule has 0 aliphatic carbocycles. The second-order valence-corrected chi connectivity index (χ2v) is 0.289. The molecule has 0 amide bonds. The molecular formula is BLi4O3+. The van der Waals surface area contributed by atoms with Crippen molar-refractivity contribution in [1.82, 2.24) is 0 Å². The van der Waals surface area contributed by atoms with E-state index >= 15 is 0 Å². The summed E-state index contributed by atoms with van der Waals surface area (Å²) in [4.78, 5) is 0. The van der Waals surface area contributed by atoms with Crippen LogP contribution in [0.4, 0.5) is 0 Å². The van der Waals surface area contributed by atoms with Crippen molar-refractivity contribution in [1.29, 1.82) is 0 Å². The van der Waals surface area contributed by atoms with Crippen LogP contribution in [-0.4, -0.2) is 7.32 Å². The molecule has 0 N–H and O–H groups in total. The minimum absolute atomic E-state index is 0. The van der Waals surface area contributed by atoms with Crippen LogP contribution < -0.4 is 90.5 Å². The van der Waals surface area contributed by atoms with E-state index in [1.807, 2.05) is 0 Å². The molecule has 0 aromatic carbocycles. The third kappa shape index (κ3) is 82.3. The zero-order chi connectivity index (χ0) is 3.58. The van der Waals surface area contributed by atoms with E-state index in [0.717, 1.165) is 0 Å². The predicted octanol–water partition coefficient (Wildman–Crippen LogP) is -15.9. The Morgan fingerprint density at radius 2 is 0.625 bits per heavy atom. The molecule has 0 saturated carbocycles. The van der Waals surface area contributed by atoms with Gasteiger partial charge in [0, 0.05) is 0 Å². The van der Waals surface area contributed by atoms with Crippen LogP contribution in [0.1, 0.15) is 0 Å². The van der Waals surface area contributed by atoms with E-state index in [4.69, 9.17) is 15.1 Å². The summed E-state index contributed by atoms with van der Waals surface area (Å²) < 4.78 is 0. The summed E-state index contributed by atoms with van der Waals surface area (Å²) >= 11 is 0. The van der Waals surface area contributed by atoms with Gasteiger partial charge in [0.15, 0.2) is 0 Å². The van der Waals surface area contributed by atoms with Crippen LogP contribution in [0, 0.1) is 0 Å². The zero-order valence-electron chi connectivity index (χ0n) is 5.80. The van der Waals surface area contributed by atoms with E-state index in [9.17, 15) is 0 Å². The van der Waals surface area contributed by atoms with E-state index in [0.29, 0.717) is 0 Å². The molecule has 3 nitrogen and oxygen atoms in total. The van der Waals surface area contributed by atoms with Gasteiger partial charge in [-0.3, -0.25) is 7.32 Å². The fourth-order valence-corrected chi connectivity index (χ4v) is 0. The smallest absolute Gasteiger partial charge is 0.907 e. The molecule has 24 valence electrons. The van der Waals surface area contributed by atoms with Crippen LogP contribution in [0.15, 0.2) is 0 Å². The molecule has 0 radical (unpaired) electrons. The van der Waals surface area contributed by atoms with Gasteiger partial charge in [-0.05, 0) is 0 Å². The minimum atomic E-state index is -2.92. The summed E-state index contributed by atoms with van der Waals surface area (Å²) in [6.45, 7) is 0. The topological polar surface area (TPSA) is 69.2 Å². The van der Waals surface area contributed by atoms with E-state index in [1.165, 1.54) is 0 Å². The Morgan fingerprint density at radius 1 is 0.625 bits per heavy atom. The van der Waals surface area contributed by atoms with Crippen molar-refractivity contribution in [3.63, 3.8) is 0 Å². The first-order valence-electron chi connectivity index (χ1n) is 0.707. The Hall–Kier alpha value is 2.33. The van der Waals surface area contributed by atoms with Crippen molar-refractivity contribution in [2.24, 2.45) is 0 Å². The normalized spacial score (nSPS) is 3.38. The van der Waals surface area contributed by atoms with E-state index in [-0.39, 0.29) is 75.4 Å². The van der Waals surface area contributed by atoms with Crippen LogP contribution in [0.5, 0.6) is 0 Å². The average molecular weight is 86.6 g/mol. The molecule has 0 aliphatic rings. The predicted molar refractivity (Wildman–Crippen MR) is 5.75 cm³/mol. The fraction of sp³-hybridized carbons (Fsp3) is 0. The van der Waals surface area contributed by atoms with Gasteiger partial charge >= 0.3 is 75.4 Å². The Kier molecular flexibility index (Phi) is 90.1. The molecule has 8 heavy (non-hydrogen) atoms. The maximum Gasteiger partial charge on any atom is 1.00 e. The summed E-state index contributed by atoms with van der Waals surface area (Å²) in [6, 6.07) is 0. The van der Waals surface area contributed by atoms with Gasteiger partial charge in [0.1, 0.15) is 0 Å². The Balaban J connectivity index is -0.00000000750. The standard InChI is InChI=1S/BO3.4Li/c2-1(3)4;;;;/q-3;4*+1. The van der Waals surface area contributed by atoms with Gasteiger partial charge in [0.25, 0.3) is 0 Å². The van der Waals surface area contributed by atoms with Gasteiger partial charge in [-0.1, -0.05) is 0 Å². The Morgan fingerprint density at radius 3 is 0.625 bits per heavy atom. The third-order valence-corrected chi connectivity index (χ3v) is 0. The van der Waals surface area contributed by atoms with Crippen molar-refractivity contribution < 1.29 is 90.5 Å². The average Bonchev–Trinajstić information content (AvgIpc) is 0.811. The minimum Gasteiger partial charge on any atom is -0.907 e. The molecule has 0 spiro atoms. The maximum absolute atomic E-state index is 8.42. The monoisotopic (exact) mass is 87.1 g/mol. The van der Waals surface area contributed by atoms with Crippen LogP contribution >= 0.6 is 0 Å². The van der Waals surface area contributed by atoms with E-state index in [2.05, 4.69) is 0 Å². The maximum atomic E-state index is 8.42. The van der Waals surface area contributed by atoms with Gasteiger partial charge in [0.2, 0.25) is 0 Å². The fourth-order valence-electron chi connectivity index (χ4n) is 0. The van der Waals surface area contributed by atoms with Crippen molar-refractivity contribution in [3.8, 4) is 0 Å². The second kappa shape index (κ2) is 22.8.